The van der Waals surface area contributed by atoms with E-state index >= 15 is 13.2 Å². The molecule has 2 aromatic heterocycles. The van der Waals surface area contributed by atoms with Crippen LogP contribution in [0.4, 0.5) is 49.7 Å². The number of allylic oxidation sites excluding steroid dienone is 3. The molecule has 24 heteroatoms. The number of halogens is 10. The van der Waals surface area contributed by atoms with Gasteiger partial charge >= 0.3 is 6.18 Å². The molecule has 2 fully saturated rings. The molecule has 7 rings (SSSR count). The van der Waals surface area contributed by atoms with Crippen molar-refractivity contribution in [1.82, 2.24) is 25.4 Å². The van der Waals surface area contributed by atoms with E-state index in [1.54, 1.807) is 0 Å². The maximum Gasteiger partial charge on any atom is 0.433 e. The first kappa shape index (κ1) is 49.9. The van der Waals surface area contributed by atoms with Crippen molar-refractivity contribution in [1.29, 1.82) is 5.41 Å². The number of nitrogens with one attached hydrogen (secondary N) is 4. The number of fused-ring (bicyclic) bond motifs is 1. The van der Waals surface area contributed by atoms with Gasteiger partial charge in [-0.25, -0.2) is 43.8 Å². The standard InChI is InChI=1S/C44H41F10N7O5S2/c1-4-23-18-31(39(55)44(52,53)54)40(43(23,50)51)56-20-35(62)58-33(17-22-15-24(45)19-25(46)16-22)37-29(10-5-26(57-37)13-14-42(2,3)67(63,64)27-6-7-27)30-11-12-32(47)36-38(30)61(21-34(48)49)59-41(36)60-68(65,66)28-8-9-28/h4-5,10-12,15-16,19,23,27-28,33-34,55-56H,1,6-9,17-18,20-21H2,2-3H3,(H,58,62)(H,59,60)/t23-,33+/m1/s1. The number of sulfone groups is 1. The molecule has 68 heavy (non-hydrogen) atoms. The van der Waals surface area contributed by atoms with Gasteiger partial charge in [0.25, 0.3) is 12.3 Å². The van der Waals surface area contributed by atoms with Gasteiger partial charge in [-0.1, -0.05) is 12.0 Å². The molecule has 0 spiro atoms. The fourth-order valence-electron chi connectivity index (χ4n) is 7.83. The molecule has 3 aliphatic rings. The highest BCUT2D eigenvalue weighted by molar-refractivity contribution is 7.94. The predicted octanol–water partition coefficient (Wildman–Crippen LogP) is 8.06. The zero-order valence-electron chi connectivity index (χ0n) is 35.8. The lowest BCUT2D eigenvalue weighted by atomic mass is 9.93. The van der Waals surface area contributed by atoms with Crippen LogP contribution < -0.4 is 15.4 Å². The number of carbonyl (C=O) groups is 1. The Hall–Kier alpha value is -5.96. The molecule has 3 aliphatic carbocycles. The fraction of sp³-hybridized carbons (Fsp3) is 0.409. The van der Waals surface area contributed by atoms with Crippen LogP contribution in [0.1, 0.15) is 68.9 Å². The summed E-state index contributed by atoms with van der Waals surface area (Å²) in [6.45, 7) is 3.54. The minimum absolute atomic E-state index is 0.160. The third-order valence-electron chi connectivity index (χ3n) is 11.6. The molecular weight excluding hydrogens is 961 g/mol. The third-order valence-corrected chi connectivity index (χ3v) is 16.3. The number of rotatable bonds is 17. The van der Waals surface area contributed by atoms with Crippen LogP contribution in [-0.2, 0) is 37.6 Å². The molecule has 2 saturated carbocycles. The Morgan fingerprint density at radius 2 is 1.62 bits per heavy atom. The molecule has 2 heterocycles. The van der Waals surface area contributed by atoms with Crippen molar-refractivity contribution in [2.45, 2.75) is 98.7 Å². The van der Waals surface area contributed by atoms with E-state index in [1.807, 2.05) is 5.32 Å². The minimum Gasteiger partial charge on any atom is -0.374 e. The van der Waals surface area contributed by atoms with Crippen LogP contribution in [0.25, 0.3) is 22.0 Å². The van der Waals surface area contributed by atoms with Crippen molar-refractivity contribution in [3.63, 3.8) is 0 Å². The SMILES string of the molecule is C=C[C@@H]1CC(C(=N)C(F)(F)F)=C(NCC(=O)N[C@@H](Cc2cc(F)cc(F)c2)c2nc(C#CC(C)(C)S(=O)(=O)C3CC3)ccc2-c2ccc(F)c3c(NS(=O)(=O)C4CC4)nn(CC(F)F)c23)C1(F)F. The van der Waals surface area contributed by atoms with Crippen molar-refractivity contribution in [3.05, 3.63) is 101 Å². The summed E-state index contributed by atoms with van der Waals surface area (Å²) in [5.74, 6) is -5.83. The molecular formula is C44H41F10N7O5S2. The van der Waals surface area contributed by atoms with E-state index in [2.05, 4.69) is 38.5 Å². The molecule has 2 aromatic carbocycles. The van der Waals surface area contributed by atoms with Crippen LogP contribution in [0.15, 0.2) is 66.4 Å². The number of carbonyl (C=O) groups excluding carboxylic acids is 1. The van der Waals surface area contributed by atoms with Crippen molar-refractivity contribution < 1.29 is 65.5 Å². The maximum atomic E-state index is 15.9. The molecule has 4 aromatic rings. The summed E-state index contributed by atoms with van der Waals surface area (Å²) in [4.78, 5) is 18.5. The summed E-state index contributed by atoms with van der Waals surface area (Å²) >= 11 is 0. The molecule has 1 amide bonds. The zero-order valence-corrected chi connectivity index (χ0v) is 37.5. The summed E-state index contributed by atoms with van der Waals surface area (Å²) in [7, 11) is -7.99. The van der Waals surface area contributed by atoms with E-state index in [0.717, 1.165) is 24.3 Å². The number of amides is 1. The van der Waals surface area contributed by atoms with Crippen molar-refractivity contribution in [2.24, 2.45) is 5.92 Å². The Kier molecular flexibility index (Phi) is 13.3. The van der Waals surface area contributed by atoms with Gasteiger partial charge in [-0.15, -0.1) is 6.58 Å². The van der Waals surface area contributed by atoms with E-state index in [-0.39, 0.29) is 40.9 Å². The minimum atomic E-state index is -5.37. The lowest BCUT2D eigenvalue weighted by molar-refractivity contribution is -0.121. The van der Waals surface area contributed by atoms with Gasteiger partial charge in [0.05, 0.1) is 51.3 Å². The van der Waals surface area contributed by atoms with Crippen LogP contribution >= 0.6 is 0 Å². The van der Waals surface area contributed by atoms with Gasteiger partial charge in [-0.2, -0.15) is 27.1 Å². The van der Waals surface area contributed by atoms with E-state index in [4.69, 9.17) is 5.41 Å². The second kappa shape index (κ2) is 18.2. The van der Waals surface area contributed by atoms with Crippen LogP contribution in [0.2, 0.25) is 0 Å². The highest BCUT2D eigenvalue weighted by Crippen LogP contribution is 2.46. The van der Waals surface area contributed by atoms with Crippen LogP contribution in [0, 0.1) is 40.6 Å². The van der Waals surface area contributed by atoms with Gasteiger partial charge in [0.15, 0.2) is 15.7 Å². The molecule has 0 radical (unpaired) electrons. The predicted molar refractivity (Wildman–Crippen MR) is 230 cm³/mol. The number of aromatic nitrogens is 3. The maximum absolute atomic E-state index is 15.9. The Morgan fingerprint density at radius 3 is 2.21 bits per heavy atom. The van der Waals surface area contributed by atoms with Crippen LogP contribution in [0.3, 0.4) is 0 Å². The van der Waals surface area contributed by atoms with Crippen LogP contribution in [0.5, 0.6) is 0 Å². The highest BCUT2D eigenvalue weighted by Gasteiger charge is 2.53. The number of benzene rings is 2. The summed E-state index contributed by atoms with van der Waals surface area (Å²) in [5.41, 5.74) is -6.13. The Balaban J connectivity index is 1.40. The second-order valence-electron chi connectivity index (χ2n) is 17.1. The summed E-state index contributed by atoms with van der Waals surface area (Å²) in [6, 6.07) is 5.01. The van der Waals surface area contributed by atoms with E-state index in [0.29, 0.717) is 29.7 Å². The zero-order chi connectivity index (χ0) is 49.9. The molecule has 0 aliphatic heterocycles. The van der Waals surface area contributed by atoms with Gasteiger partial charge in [-0.05, 0) is 100 Å². The topological polar surface area (TPSA) is 176 Å². The number of sulfonamides is 1. The number of pyridine rings is 1. The van der Waals surface area contributed by atoms with E-state index < -0.39 is 149 Å². The molecule has 2 atom stereocenters. The molecule has 364 valence electrons. The fourth-order valence-corrected chi connectivity index (χ4v) is 11.0. The van der Waals surface area contributed by atoms with Gasteiger partial charge in [-0.3, -0.25) is 19.6 Å². The Morgan fingerprint density at radius 1 is 0.985 bits per heavy atom. The average molecular weight is 1000 g/mol. The Labute approximate surface area is 383 Å². The monoisotopic (exact) mass is 1000 g/mol. The summed E-state index contributed by atoms with van der Waals surface area (Å²) in [6.07, 6.45) is -8.06. The van der Waals surface area contributed by atoms with Crippen LogP contribution in [-0.4, -0.2) is 83.5 Å². The lowest BCUT2D eigenvalue weighted by Crippen LogP contribution is -2.41. The first-order chi connectivity index (χ1) is 31.6. The molecule has 12 nitrogen and oxygen atoms in total. The quantitative estimate of drug-likeness (QED) is 0.0356. The number of alkyl halides is 7. The lowest BCUT2D eigenvalue weighted by Gasteiger charge is -2.24. The Bertz CT molecular complexity index is 3020. The van der Waals surface area contributed by atoms with E-state index in [9.17, 15) is 52.4 Å². The van der Waals surface area contributed by atoms with E-state index in [1.165, 1.54) is 26.0 Å². The third kappa shape index (κ3) is 10.2. The van der Waals surface area contributed by atoms with Gasteiger partial charge in [0.1, 0.15) is 40.1 Å². The van der Waals surface area contributed by atoms with Gasteiger partial charge in [0, 0.05) is 22.8 Å². The van der Waals surface area contributed by atoms with Gasteiger partial charge < -0.3 is 10.6 Å². The number of hydrogen-bond donors (Lipinski definition) is 4. The van der Waals surface area contributed by atoms with Crippen molar-refractivity contribution in [2.75, 3.05) is 11.3 Å². The molecule has 0 unspecified atom stereocenters. The number of anilines is 1. The molecule has 0 saturated heterocycles. The second-order valence-corrected chi connectivity index (χ2v) is 21.8. The smallest absolute Gasteiger partial charge is 0.374 e. The first-order valence-electron chi connectivity index (χ1n) is 20.8. The summed E-state index contributed by atoms with van der Waals surface area (Å²) in [5, 5.41) is 14.0. The number of nitrogens with zero attached hydrogens (tertiary/aromatic N) is 3. The molecule has 4 N–H and O–H groups in total. The average Bonchev–Trinajstić information content (AvgIpc) is 4.17. The highest BCUT2D eigenvalue weighted by atomic mass is 32.2. The largest absolute Gasteiger partial charge is 0.433 e. The summed E-state index contributed by atoms with van der Waals surface area (Å²) < 4.78 is 200. The van der Waals surface area contributed by atoms with Gasteiger partial charge in [0.2, 0.25) is 15.9 Å². The van der Waals surface area contributed by atoms with Crippen molar-refractivity contribution in [3.8, 4) is 23.0 Å². The molecule has 0 bridgehead atoms. The van der Waals surface area contributed by atoms with Crippen molar-refractivity contribution >= 4 is 48.2 Å². The number of hydrogen-bond acceptors (Lipinski definition) is 9. The first-order valence-corrected chi connectivity index (χ1v) is 23.9. The normalized spacial score (nSPS) is 18.0.